The van der Waals surface area contributed by atoms with Crippen LogP contribution >= 0.6 is 0 Å². The number of amides is 1. The molecule has 0 bridgehead atoms. The summed E-state index contributed by atoms with van der Waals surface area (Å²) >= 11 is 0. The molecule has 50 valence electrons. The molecule has 1 heterocycles. The fraction of sp³-hybridized carbons (Fsp3) is 0.500. The molecule has 0 unspecified atom stereocenters. The predicted octanol–water partition coefficient (Wildman–Crippen LogP) is -0.309. The lowest BCUT2D eigenvalue weighted by Crippen LogP contribution is -2.27. The highest BCUT2D eigenvalue weighted by Crippen LogP contribution is 2.02. The number of carbonyl (C=O) groups excluding carboxylic acids is 1. The topological polar surface area (TPSA) is 46.3 Å². The Labute approximate surface area is 54.1 Å². The summed E-state index contributed by atoms with van der Waals surface area (Å²) in [5.74, 6) is 0.0895. The van der Waals surface area contributed by atoms with E-state index >= 15 is 0 Å². The molecule has 3 nitrogen and oxygen atoms in total. The summed E-state index contributed by atoms with van der Waals surface area (Å²) in [6.07, 6.45) is 1.86. The molecular formula is C6H10N2O. The molecule has 0 aromatic rings. The second-order valence-electron chi connectivity index (χ2n) is 2.18. The van der Waals surface area contributed by atoms with E-state index in [1.54, 1.807) is 11.8 Å². The minimum atomic E-state index is 0.0895. The molecule has 0 aliphatic carbocycles. The van der Waals surface area contributed by atoms with Crippen LogP contribution in [-0.2, 0) is 4.79 Å². The van der Waals surface area contributed by atoms with Crippen LogP contribution in [0.5, 0.6) is 0 Å². The zero-order chi connectivity index (χ0) is 6.85. The van der Waals surface area contributed by atoms with E-state index in [2.05, 4.69) is 0 Å². The Morgan fingerprint density at radius 3 is 2.78 bits per heavy atom. The van der Waals surface area contributed by atoms with Gasteiger partial charge in [-0.2, -0.15) is 0 Å². The predicted molar refractivity (Wildman–Crippen MR) is 34.5 cm³/mol. The van der Waals surface area contributed by atoms with Crippen molar-refractivity contribution in [3.63, 3.8) is 0 Å². The van der Waals surface area contributed by atoms with Gasteiger partial charge in [-0.25, -0.2) is 0 Å². The van der Waals surface area contributed by atoms with Crippen molar-refractivity contribution >= 4 is 5.91 Å². The first-order chi connectivity index (χ1) is 4.20. The highest BCUT2D eigenvalue weighted by atomic mass is 16.2. The maximum atomic E-state index is 10.6. The average Bonchev–Trinajstić information content (AvgIpc) is 2.14. The molecule has 1 amide bonds. The van der Waals surface area contributed by atoms with Gasteiger partial charge in [0, 0.05) is 19.2 Å². The van der Waals surface area contributed by atoms with Gasteiger partial charge in [-0.3, -0.25) is 4.79 Å². The monoisotopic (exact) mass is 126 g/mol. The second kappa shape index (κ2) is 2.09. The first-order valence-electron chi connectivity index (χ1n) is 2.90. The van der Waals surface area contributed by atoms with Gasteiger partial charge in [0.15, 0.2) is 0 Å². The molecule has 1 aliphatic rings. The van der Waals surface area contributed by atoms with Crippen LogP contribution in [0.15, 0.2) is 11.8 Å². The molecule has 2 N–H and O–H groups in total. The van der Waals surface area contributed by atoms with Crippen molar-refractivity contribution in [2.75, 3.05) is 13.1 Å². The van der Waals surface area contributed by atoms with Crippen LogP contribution in [0.4, 0.5) is 0 Å². The van der Waals surface area contributed by atoms with E-state index in [0.29, 0.717) is 13.1 Å². The van der Waals surface area contributed by atoms with E-state index in [1.807, 2.05) is 6.08 Å². The SMILES string of the molecule is CC(=O)N1CC=C(N)C1. The Morgan fingerprint density at radius 1 is 1.89 bits per heavy atom. The quantitative estimate of drug-likeness (QED) is 0.484. The minimum absolute atomic E-state index is 0.0895. The van der Waals surface area contributed by atoms with E-state index in [9.17, 15) is 4.79 Å². The normalized spacial score (nSPS) is 17.9. The number of carbonyl (C=O) groups is 1. The first kappa shape index (κ1) is 6.13. The molecule has 1 aliphatic heterocycles. The summed E-state index contributed by atoms with van der Waals surface area (Å²) in [4.78, 5) is 12.3. The van der Waals surface area contributed by atoms with Gasteiger partial charge < -0.3 is 10.6 Å². The Morgan fingerprint density at radius 2 is 2.56 bits per heavy atom. The lowest BCUT2D eigenvalue weighted by molar-refractivity contribution is -0.127. The Bertz CT molecular complexity index is 162. The Hall–Kier alpha value is -0.990. The van der Waals surface area contributed by atoms with Gasteiger partial charge >= 0.3 is 0 Å². The lowest BCUT2D eigenvalue weighted by Gasteiger charge is -2.11. The van der Waals surface area contributed by atoms with Crippen molar-refractivity contribution in [3.05, 3.63) is 11.8 Å². The molecule has 0 saturated carbocycles. The first-order valence-corrected chi connectivity index (χ1v) is 2.90. The zero-order valence-electron chi connectivity index (χ0n) is 5.42. The molecule has 0 spiro atoms. The molecule has 1 rings (SSSR count). The summed E-state index contributed by atoms with van der Waals surface area (Å²) in [7, 11) is 0. The number of nitrogens with zero attached hydrogens (tertiary/aromatic N) is 1. The van der Waals surface area contributed by atoms with Gasteiger partial charge in [0.25, 0.3) is 0 Å². The van der Waals surface area contributed by atoms with Crippen molar-refractivity contribution in [3.8, 4) is 0 Å². The van der Waals surface area contributed by atoms with E-state index < -0.39 is 0 Å². The molecule has 0 aromatic carbocycles. The van der Waals surface area contributed by atoms with E-state index in [1.165, 1.54) is 0 Å². The summed E-state index contributed by atoms with van der Waals surface area (Å²) in [6, 6.07) is 0. The molecule has 0 atom stereocenters. The number of rotatable bonds is 0. The van der Waals surface area contributed by atoms with E-state index in [4.69, 9.17) is 5.73 Å². The van der Waals surface area contributed by atoms with Crippen molar-refractivity contribution in [2.24, 2.45) is 5.73 Å². The van der Waals surface area contributed by atoms with Gasteiger partial charge in [-0.05, 0) is 6.08 Å². The third-order valence-corrected chi connectivity index (χ3v) is 1.39. The molecule has 0 radical (unpaired) electrons. The maximum absolute atomic E-state index is 10.6. The van der Waals surface area contributed by atoms with Crippen molar-refractivity contribution in [1.29, 1.82) is 0 Å². The van der Waals surface area contributed by atoms with Crippen LogP contribution < -0.4 is 5.73 Å². The maximum Gasteiger partial charge on any atom is 0.220 e. The van der Waals surface area contributed by atoms with Crippen molar-refractivity contribution in [1.82, 2.24) is 4.90 Å². The molecule has 0 saturated heterocycles. The molecule has 9 heavy (non-hydrogen) atoms. The molecule has 0 fully saturated rings. The van der Waals surface area contributed by atoms with Crippen LogP contribution in [0.3, 0.4) is 0 Å². The molecule has 0 aromatic heterocycles. The van der Waals surface area contributed by atoms with Crippen LogP contribution in [0, 0.1) is 0 Å². The lowest BCUT2D eigenvalue weighted by atomic mass is 10.5. The van der Waals surface area contributed by atoms with Crippen molar-refractivity contribution < 1.29 is 4.79 Å². The smallest absolute Gasteiger partial charge is 0.220 e. The largest absolute Gasteiger partial charge is 0.401 e. The van der Waals surface area contributed by atoms with Crippen LogP contribution in [0.1, 0.15) is 6.92 Å². The third kappa shape index (κ3) is 1.22. The average molecular weight is 126 g/mol. The Balaban J connectivity index is 2.47. The highest BCUT2D eigenvalue weighted by molar-refractivity contribution is 5.74. The summed E-state index contributed by atoms with van der Waals surface area (Å²) in [6.45, 7) is 2.84. The van der Waals surface area contributed by atoms with Crippen LogP contribution in [-0.4, -0.2) is 23.9 Å². The minimum Gasteiger partial charge on any atom is -0.401 e. The summed E-state index contributed by atoms with van der Waals surface area (Å²) in [5, 5.41) is 0. The van der Waals surface area contributed by atoms with Crippen molar-refractivity contribution in [2.45, 2.75) is 6.92 Å². The third-order valence-electron chi connectivity index (χ3n) is 1.39. The van der Waals surface area contributed by atoms with Crippen LogP contribution in [0.25, 0.3) is 0 Å². The fourth-order valence-corrected chi connectivity index (χ4v) is 0.817. The van der Waals surface area contributed by atoms with Gasteiger partial charge in [-0.15, -0.1) is 0 Å². The van der Waals surface area contributed by atoms with E-state index in [0.717, 1.165) is 5.70 Å². The zero-order valence-corrected chi connectivity index (χ0v) is 5.42. The standard InChI is InChI=1S/C6H10N2O/c1-5(9)8-3-2-6(7)4-8/h2H,3-4,7H2,1H3. The summed E-state index contributed by atoms with van der Waals surface area (Å²) in [5.41, 5.74) is 6.23. The summed E-state index contributed by atoms with van der Waals surface area (Å²) < 4.78 is 0. The van der Waals surface area contributed by atoms with Crippen LogP contribution in [0.2, 0.25) is 0 Å². The number of hydrogen-bond donors (Lipinski definition) is 1. The van der Waals surface area contributed by atoms with Gasteiger partial charge in [0.1, 0.15) is 0 Å². The number of nitrogens with two attached hydrogens (primary N) is 1. The second-order valence-corrected chi connectivity index (χ2v) is 2.18. The highest BCUT2D eigenvalue weighted by Gasteiger charge is 2.12. The Kier molecular flexibility index (Phi) is 1.42. The number of hydrogen-bond acceptors (Lipinski definition) is 2. The van der Waals surface area contributed by atoms with Gasteiger partial charge in [0.2, 0.25) is 5.91 Å². The van der Waals surface area contributed by atoms with Gasteiger partial charge in [0.05, 0.1) is 6.54 Å². The molecule has 3 heteroatoms. The van der Waals surface area contributed by atoms with E-state index in [-0.39, 0.29) is 5.91 Å². The fourth-order valence-electron chi connectivity index (χ4n) is 0.817. The molecular weight excluding hydrogens is 116 g/mol. The van der Waals surface area contributed by atoms with Gasteiger partial charge in [-0.1, -0.05) is 0 Å².